The van der Waals surface area contributed by atoms with Crippen molar-refractivity contribution in [3.63, 3.8) is 0 Å². The SMILES string of the molecule is COc1ccc(S(=O)(=O)N(CCC(=O)NO)C2C(C)CC3CC(C)CC2C3)cc1. The Hall–Kier alpha value is -1.64. The number of carbonyl (C=O) groups is 1. The molecule has 0 aliphatic heterocycles. The van der Waals surface area contributed by atoms with Crippen LogP contribution in [-0.4, -0.2) is 43.5 Å². The lowest BCUT2D eigenvalue weighted by Crippen LogP contribution is -2.53. The standard InChI is InChI=1S/C21H32N2O5S/c1-14-10-16-12-15(2)21(17(11-14)13-16)23(9-8-20(24)22-25)29(26,27)19-6-4-18(28-3)5-7-19/h4-7,14-17,21,25H,8-13H2,1-3H3,(H,22,24). The van der Waals surface area contributed by atoms with Crippen LogP contribution in [0, 0.1) is 23.7 Å². The van der Waals surface area contributed by atoms with E-state index in [-0.39, 0.29) is 35.7 Å². The summed E-state index contributed by atoms with van der Waals surface area (Å²) in [5, 5.41) is 8.88. The van der Waals surface area contributed by atoms with Crippen LogP contribution in [0.25, 0.3) is 0 Å². The molecule has 2 fully saturated rings. The number of carbonyl (C=O) groups excluding carboxylic acids is 1. The molecule has 29 heavy (non-hydrogen) atoms. The number of hydrogen-bond donors (Lipinski definition) is 2. The van der Waals surface area contributed by atoms with Crippen LogP contribution in [0.5, 0.6) is 5.75 Å². The molecule has 0 aromatic heterocycles. The molecule has 2 bridgehead atoms. The zero-order valence-electron chi connectivity index (χ0n) is 17.4. The minimum absolute atomic E-state index is 0.0469. The first-order valence-electron chi connectivity index (χ1n) is 10.3. The third-order valence-corrected chi connectivity index (χ3v) is 8.44. The van der Waals surface area contributed by atoms with Crippen LogP contribution in [0.1, 0.15) is 46.0 Å². The van der Waals surface area contributed by atoms with Gasteiger partial charge < -0.3 is 4.74 Å². The third-order valence-electron chi connectivity index (χ3n) is 6.53. The molecule has 2 aliphatic rings. The van der Waals surface area contributed by atoms with Gasteiger partial charge in [-0.15, -0.1) is 0 Å². The van der Waals surface area contributed by atoms with Gasteiger partial charge in [-0.25, -0.2) is 13.9 Å². The van der Waals surface area contributed by atoms with Crippen molar-refractivity contribution in [1.29, 1.82) is 0 Å². The van der Waals surface area contributed by atoms with Gasteiger partial charge in [0.25, 0.3) is 0 Å². The summed E-state index contributed by atoms with van der Waals surface area (Å²) in [7, 11) is -2.26. The first-order chi connectivity index (χ1) is 13.8. The number of hydroxylamine groups is 1. The Morgan fingerprint density at radius 3 is 2.48 bits per heavy atom. The van der Waals surface area contributed by atoms with Gasteiger partial charge in [0.2, 0.25) is 15.9 Å². The zero-order valence-corrected chi connectivity index (χ0v) is 18.2. The van der Waals surface area contributed by atoms with Gasteiger partial charge in [-0.2, -0.15) is 4.31 Å². The van der Waals surface area contributed by atoms with Crippen LogP contribution in [0.2, 0.25) is 0 Å². The molecule has 1 amide bonds. The molecule has 5 atom stereocenters. The topological polar surface area (TPSA) is 95.9 Å². The molecule has 1 aromatic carbocycles. The van der Waals surface area contributed by atoms with Gasteiger partial charge in [0, 0.05) is 19.0 Å². The Labute approximate surface area is 173 Å². The Morgan fingerprint density at radius 2 is 1.86 bits per heavy atom. The third kappa shape index (κ3) is 4.75. The Kier molecular flexibility index (Phi) is 6.86. The summed E-state index contributed by atoms with van der Waals surface area (Å²) in [5.74, 6) is 1.75. The molecule has 7 nitrogen and oxygen atoms in total. The molecule has 2 saturated carbocycles. The molecular weight excluding hydrogens is 392 g/mol. The number of fused-ring (bicyclic) bond motifs is 2. The number of hydrogen-bond acceptors (Lipinski definition) is 5. The highest BCUT2D eigenvalue weighted by atomic mass is 32.2. The molecule has 0 saturated heterocycles. The van der Waals surface area contributed by atoms with Gasteiger partial charge >= 0.3 is 0 Å². The Balaban J connectivity index is 1.95. The summed E-state index contributed by atoms with van der Waals surface area (Å²) in [4.78, 5) is 11.9. The second-order valence-corrected chi connectivity index (χ2v) is 10.6. The maximum absolute atomic E-state index is 13.6. The summed E-state index contributed by atoms with van der Waals surface area (Å²) < 4.78 is 33.9. The van der Waals surface area contributed by atoms with Crippen LogP contribution in [0.3, 0.4) is 0 Å². The predicted octanol–water partition coefficient (Wildman–Crippen LogP) is 3.04. The van der Waals surface area contributed by atoms with Crippen molar-refractivity contribution in [3.05, 3.63) is 24.3 Å². The number of methoxy groups -OCH3 is 1. The van der Waals surface area contributed by atoms with E-state index in [1.807, 2.05) is 0 Å². The van der Waals surface area contributed by atoms with Crippen LogP contribution in [0.15, 0.2) is 29.2 Å². The van der Waals surface area contributed by atoms with E-state index in [0.29, 0.717) is 17.6 Å². The number of amides is 1. The van der Waals surface area contributed by atoms with Crippen LogP contribution in [-0.2, 0) is 14.8 Å². The van der Waals surface area contributed by atoms with Crippen molar-refractivity contribution in [3.8, 4) is 5.75 Å². The second kappa shape index (κ2) is 9.02. The van der Waals surface area contributed by atoms with E-state index >= 15 is 0 Å². The first kappa shape index (κ1) is 22.1. The lowest BCUT2D eigenvalue weighted by atomic mass is 9.63. The number of nitrogens with zero attached hydrogens (tertiary/aromatic N) is 1. The van der Waals surface area contributed by atoms with Gasteiger partial charge in [-0.3, -0.25) is 10.0 Å². The van der Waals surface area contributed by atoms with Crippen molar-refractivity contribution in [1.82, 2.24) is 9.79 Å². The van der Waals surface area contributed by atoms with E-state index in [1.54, 1.807) is 29.7 Å². The van der Waals surface area contributed by atoms with Gasteiger partial charge in [0.1, 0.15) is 5.75 Å². The van der Waals surface area contributed by atoms with Gasteiger partial charge in [0.05, 0.1) is 12.0 Å². The molecule has 5 unspecified atom stereocenters. The number of ether oxygens (including phenoxy) is 1. The maximum Gasteiger partial charge on any atom is 0.244 e. The minimum atomic E-state index is -3.80. The molecule has 2 N–H and O–H groups in total. The van der Waals surface area contributed by atoms with Crippen molar-refractivity contribution >= 4 is 15.9 Å². The summed E-state index contributed by atoms with van der Waals surface area (Å²) >= 11 is 0. The maximum atomic E-state index is 13.6. The van der Waals surface area contributed by atoms with E-state index in [0.717, 1.165) is 19.3 Å². The number of rotatable bonds is 7. The highest BCUT2D eigenvalue weighted by Crippen LogP contribution is 2.47. The fourth-order valence-corrected chi connectivity index (χ4v) is 7.29. The summed E-state index contributed by atoms with van der Waals surface area (Å²) in [6.45, 7) is 4.42. The average molecular weight is 425 g/mol. The van der Waals surface area contributed by atoms with Crippen LogP contribution < -0.4 is 10.2 Å². The molecule has 2 aliphatic carbocycles. The second-order valence-electron chi connectivity index (χ2n) is 8.72. The quantitative estimate of drug-likeness (QED) is 0.518. The lowest BCUT2D eigenvalue weighted by molar-refractivity contribution is -0.129. The van der Waals surface area contributed by atoms with Crippen LogP contribution in [0.4, 0.5) is 0 Å². The Morgan fingerprint density at radius 1 is 1.17 bits per heavy atom. The van der Waals surface area contributed by atoms with E-state index < -0.39 is 15.9 Å². The predicted molar refractivity (Wildman–Crippen MR) is 109 cm³/mol. The van der Waals surface area contributed by atoms with Gasteiger partial charge in [0.15, 0.2) is 0 Å². The lowest BCUT2D eigenvalue weighted by Gasteiger charge is -2.49. The number of benzene rings is 1. The Bertz CT molecular complexity index is 807. The van der Waals surface area contributed by atoms with Crippen LogP contribution >= 0.6 is 0 Å². The highest BCUT2D eigenvalue weighted by molar-refractivity contribution is 7.89. The molecule has 3 rings (SSSR count). The number of nitrogens with one attached hydrogen (secondary N) is 1. The fourth-order valence-electron chi connectivity index (χ4n) is 5.50. The van der Waals surface area contributed by atoms with E-state index in [2.05, 4.69) is 13.8 Å². The minimum Gasteiger partial charge on any atom is -0.497 e. The normalized spacial score (nSPS) is 29.5. The summed E-state index contributed by atoms with van der Waals surface area (Å²) in [5.41, 5.74) is 1.61. The molecule has 0 heterocycles. The first-order valence-corrected chi connectivity index (χ1v) is 11.8. The van der Waals surface area contributed by atoms with Gasteiger partial charge in [-0.05, 0) is 73.6 Å². The molecule has 1 aromatic rings. The highest BCUT2D eigenvalue weighted by Gasteiger charge is 2.46. The van der Waals surface area contributed by atoms with Gasteiger partial charge in [-0.1, -0.05) is 13.8 Å². The number of sulfonamides is 1. The van der Waals surface area contributed by atoms with E-state index in [1.165, 1.54) is 17.8 Å². The van der Waals surface area contributed by atoms with Crippen molar-refractivity contribution in [2.75, 3.05) is 13.7 Å². The molecular formula is C21H32N2O5S. The fraction of sp³-hybridized carbons (Fsp3) is 0.667. The van der Waals surface area contributed by atoms with Crippen molar-refractivity contribution < 1.29 is 23.2 Å². The largest absolute Gasteiger partial charge is 0.497 e. The van der Waals surface area contributed by atoms with Crippen molar-refractivity contribution in [2.45, 2.75) is 56.9 Å². The molecule has 0 radical (unpaired) electrons. The molecule has 162 valence electrons. The average Bonchev–Trinajstić information content (AvgIpc) is 2.69. The van der Waals surface area contributed by atoms with E-state index in [4.69, 9.17) is 9.94 Å². The molecule has 8 heteroatoms. The van der Waals surface area contributed by atoms with Crippen molar-refractivity contribution in [2.24, 2.45) is 23.7 Å². The smallest absolute Gasteiger partial charge is 0.244 e. The summed E-state index contributed by atoms with van der Waals surface area (Å²) in [6.07, 6.45) is 4.19. The zero-order chi connectivity index (χ0) is 21.2. The summed E-state index contributed by atoms with van der Waals surface area (Å²) in [6, 6.07) is 6.22. The monoisotopic (exact) mass is 424 g/mol. The van der Waals surface area contributed by atoms with E-state index in [9.17, 15) is 13.2 Å². The molecule has 0 spiro atoms.